The van der Waals surface area contributed by atoms with Crippen LogP contribution in [-0.4, -0.2) is 56.3 Å². The molecular formula is C21H25ClFN3O3S. The van der Waals surface area contributed by atoms with Crippen molar-refractivity contribution in [1.29, 1.82) is 0 Å². The van der Waals surface area contributed by atoms with Crippen LogP contribution in [0.1, 0.15) is 24.9 Å². The van der Waals surface area contributed by atoms with Gasteiger partial charge in [-0.3, -0.25) is 9.69 Å². The van der Waals surface area contributed by atoms with Gasteiger partial charge in [-0.25, -0.2) is 12.8 Å². The summed E-state index contributed by atoms with van der Waals surface area (Å²) in [7, 11) is -3.69. The molecule has 1 saturated heterocycles. The van der Waals surface area contributed by atoms with Crippen LogP contribution in [0.4, 0.5) is 4.39 Å². The zero-order valence-electron chi connectivity index (χ0n) is 16.7. The first kappa shape index (κ1) is 22.7. The highest BCUT2D eigenvalue weighted by Crippen LogP contribution is 2.22. The third-order valence-corrected chi connectivity index (χ3v) is 7.37. The Balaban J connectivity index is 1.56. The van der Waals surface area contributed by atoms with Gasteiger partial charge in [-0.05, 0) is 55.8 Å². The number of hydrogen-bond acceptors (Lipinski definition) is 4. The number of nitrogens with zero attached hydrogens (tertiary/aromatic N) is 2. The predicted octanol–water partition coefficient (Wildman–Crippen LogP) is 3.05. The molecule has 0 aliphatic carbocycles. The summed E-state index contributed by atoms with van der Waals surface area (Å²) in [6.45, 7) is 3.73. The Bertz CT molecular complexity index is 985. The summed E-state index contributed by atoms with van der Waals surface area (Å²) < 4.78 is 40.1. The molecular weight excluding hydrogens is 429 g/mol. The monoisotopic (exact) mass is 453 g/mol. The number of sulfonamides is 1. The minimum atomic E-state index is -3.69. The topological polar surface area (TPSA) is 69.7 Å². The maximum absolute atomic E-state index is 13.1. The van der Waals surface area contributed by atoms with E-state index in [9.17, 15) is 17.6 Å². The smallest absolute Gasteiger partial charge is 0.243 e. The SMILES string of the molecule is C[C@H](NC(=O)CN1CCCN(S(=O)(=O)c2ccc(F)cc2)CC1)c1ccccc1Cl. The summed E-state index contributed by atoms with van der Waals surface area (Å²) >= 11 is 6.19. The van der Waals surface area contributed by atoms with Crippen LogP contribution in [0.5, 0.6) is 0 Å². The van der Waals surface area contributed by atoms with Gasteiger partial charge in [-0.2, -0.15) is 4.31 Å². The van der Waals surface area contributed by atoms with E-state index in [0.717, 1.165) is 17.7 Å². The van der Waals surface area contributed by atoms with Gasteiger partial charge in [0.05, 0.1) is 17.5 Å². The molecule has 9 heteroatoms. The molecule has 162 valence electrons. The molecule has 1 atom stereocenters. The van der Waals surface area contributed by atoms with Crippen molar-refractivity contribution in [1.82, 2.24) is 14.5 Å². The number of benzene rings is 2. The average Bonchev–Trinajstić information content (AvgIpc) is 2.94. The third-order valence-electron chi connectivity index (χ3n) is 5.12. The van der Waals surface area contributed by atoms with Gasteiger partial charge in [0.25, 0.3) is 0 Å². The van der Waals surface area contributed by atoms with Crippen molar-refractivity contribution in [3.05, 3.63) is 64.9 Å². The van der Waals surface area contributed by atoms with Gasteiger partial charge in [0.2, 0.25) is 15.9 Å². The number of carbonyl (C=O) groups is 1. The van der Waals surface area contributed by atoms with Crippen molar-refractivity contribution in [3.8, 4) is 0 Å². The Morgan fingerprint density at radius 2 is 1.80 bits per heavy atom. The molecule has 6 nitrogen and oxygen atoms in total. The molecule has 3 rings (SSSR count). The van der Waals surface area contributed by atoms with E-state index in [1.165, 1.54) is 16.4 Å². The molecule has 0 spiro atoms. The number of rotatable bonds is 6. The Morgan fingerprint density at radius 1 is 1.10 bits per heavy atom. The van der Waals surface area contributed by atoms with Crippen LogP contribution in [0.2, 0.25) is 5.02 Å². The van der Waals surface area contributed by atoms with E-state index in [1.54, 1.807) is 6.07 Å². The third kappa shape index (κ3) is 5.57. The minimum absolute atomic E-state index is 0.0728. The number of halogens is 2. The average molecular weight is 454 g/mol. The number of carbonyl (C=O) groups excluding carboxylic acids is 1. The second kappa shape index (κ2) is 9.87. The number of nitrogens with one attached hydrogen (secondary N) is 1. The fraction of sp³-hybridized carbons (Fsp3) is 0.381. The van der Waals surface area contributed by atoms with Gasteiger partial charge in [0.15, 0.2) is 0 Å². The summed E-state index contributed by atoms with van der Waals surface area (Å²) in [6, 6.07) is 12.0. The number of hydrogen-bond donors (Lipinski definition) is 1. The van der Waals surface area contributed by atoms with Gasteiger partial charge in [0, 0.05) is 24.7 Å². The van der Waals surface area contributed by atoms with Crippen LogP contribution in [0.25, 0.3) is 0 Å². The Kier molecular flexibility index (Phi) is 7.46. The molecule has 0 aromatic heterocycles. The normalized spacial score (nSPS) is 17.3. The lowest BCUT2D eigenvalue weighted by molar-refractivity contribution is -0.122. The molecule has 0 bridgehead atoms. The van der Waals surface area contributed by atoms with E-state index in [0.29, 0.717) is 31.1 Å². The molecule has 0 unspecified atom stereocenters. The molecule has 0 radical (unpaired) electrons. The van der Waals surface area contributed by atoms with Gasteiger partial charge in [0.1, 0.15) is 5.82 Å². The first-order valence-corrected chi connectivity index (χ1v) is 11.6. The predicted molar refractivity (Wildman–Crippen MR) is 114 cm³/mol. The fourth-order valence-corrected chi connectivity index (χ4v) is 5.26. The lowest BCUT2D eigenvalue weighted by Crippen LogP contribution is -2.40. The maximum Gasteiger partial charge on any atom is 0.243 e. The molecule has 1 amide bonds. The van der Waals surface area contributed by atoms with E-state index in [2.05, 4.69) is 5.32 Å². The van der Waals surface area contributed by atoms with Gasteiger partial charge < -0.3 is 5.32 Å². The Morgan fingerprint density at radius 3 is 2.50 bits per heavy atom. The zero-order valence-corrected chi connectivity index (χ0v) is 18.3. The summed E-state index contributed by atoms with van der Waals surface area (Å²) in [5.41, 5.74) is 0.847. The van der Waals surface area contributed by atoms with Crippen molar-refractivity contribution >= 4 is 27.5 Å². The van der Waals surface area contributed by atoms with Crippen molar-refractivity contribution in [3.63, 3.8) is 0 Å². The Hall–Kier alpha value is -2.00. The number of amides is 1. The van der Waals surface area contributed by atoms with Crippen LogP contribution in [0.3, 0.4) is 0 Å². The standard InChI is InChI=1S/C21H25ClFN3O3S/c1-16(19-5-2-3-6-20(19)22)24-21(27)15-25-11-4-12-26(14-13-25)30(28,29)18-9-7-17(23)8-10-18/h2-3,5-10,16H,4,11-15H2,1H3,(H,24,27)/t16-/m0/s1. The highest BCUT2D eigenvalue weighted by Gasteiger charge is 2.27. The summed E-state index contributed by atoms with van der Waals surface area (Å²) in [4.78, 5) is 14.5. The second-order valence-electron chi connectivity index (χ2n) is 7.30. The largest absolute Gasteiger partial charge is 0.348 e. The van der Waals surface area contributed by atoms with Crippen molar-refractivity contribution in [2.75, 3.05) is 32.7 Å². The minimum Gasteiger partial charge on any atom is -0.348 e. The lowest BCUT2D eigenvalue weighted by atomic mass is 10.1. The summed E-state index contributed by atoms with van der Waals surface area (Å²) in [5.74, 6) is -0.620. The lowest BCUT2D eigenvalue weighted by Gasteiger charge is -2.22. The van der Waals surface area contributed by atoms with Crippen molar-refractivity contribution < 1.29 is 17.6 Å². The first-order valence-electron chi connectivity index (χ1n) is 9.79. The van der Waals surface area contributed by atoms with Crippen LogP contribution < -0.4 is 5.32 Å². The van der Waals surface area contributed by atoms with Gasteiger partial charge >= 0.3 is 0 Å². The van der Waals surface area contributed by atoms with E-state index >= 15 is 0 Å². The quantitative estimate of drug-likeness (QED) is 0.729. The molecule has 0 saturated carbocycles. The molecule has 1 aliphatic rings. The van der Waals surface area contributed by atoms with Crippen molar-refractivity contribution in [2.45, 2.75) is 24.3 Å². The first-order chi connectivity index (χ1) is 14.3. The summed E-state index contributed by atoms with van der Waals surface area (Å²) in [5, 5.41) is 3.54. The van der Waals surface area contributed by atoms with E-state index in [1.807, 2.05) is 30.0 Å². The maximum atomic E-state index is 13.1. The van der Waals surface area contributed by atoms with E-state index in [-0.39, 0.29) is 29.9 Å². The molecule has 1 aliphatic heterocycles. The molecule has 30 heavy (non-hydrogen) atoms. The van der Waals surface area contributed by atoms with Crippen LogP contribution in [-0.2, 0) is 14.8 Å². The second-order valence-corrected chi connectivity index (χ2v) is 9.64. The highest BCUT2D eigenvalue weighted by atomic mass is 35.5. The molecule has 2 aromatic carbocycles. The summed E-state index contributed by atoms with van der Waals surface area (Å²) in [6.07, 6.45) is 0.605. The van der Waals surface area contributed by atoms with E-state index < -0.39 is 15.8 Å². The van der Waals surface area contributed by atoms with Crippen LogP contribution in [0.15, 0.2) is 53.4 Å². The van der Waals surface area contributed by atoms with Gasteiger partial charge in [-0.1, -0.05) is 29.8 Å². The van der Waals surface area contributed by atoms with Crippen LogP contribution >= 0.6 is 11.6 Å². The van der Waals surface area contributed by atoms with E-state index in [4.69, 9.17) is 11.6 Å². The van der Waals surface area contributed by atoms with Crippen molar-refractivity contribution in [2.24, 2.45) is 0 Å². The fourth-order valence-electron chi connectivity index (χ4n) is 3.50. The molecule has 1 N–H and O–H groups in total. The molecule has 1 heterocycles. The molecule has 1 fully saturated rings. The van der Waals surface area contributed by atoms with Crippen LogP contribution in [0, 0.1) is 5.82 Å². The van der Waals surface area contributed by atoms with Gasteiger partial charge in [-0.15, -0.1) is 0 Å². The zero-order chi connectivity index (χ0) is 21.7. The highest BCUT2D eigenvalue weighted by molar-refractivity contribution is 7.89. The Labute approximate surface area is 181 Å². The molecule has 2 aromatic rings.